The fourth-order valence-electron chi connectivity index (χ4n) is 2.73. The average Bonchev–Trinajstić information content (AvgIpc) is 2.68. The zero-order valence-electron chi connectivity index (χ0n) is 16.1. The Balaban J connectivity index is 1.46. The van der Waals surface area contributed by atoms with Gasteiger partial charge in [-0.1, -0.05) is 18.2 Å². The molecule has 1 amide bonds. The van der Waals surface area contributed by atoms with Crippen molar-refractivity contribution in [1.29, 1.82) is 0 Å². The van der Waals surface area contributed by atoms with E-state index in [0.29, 0.717) is 19.0 Å². The second-order valence-corrected chi connectivity index (χ2v) is 6.69. The average molecular weight is 376 g/mol. The van der Waals surface area contributed by atoms with Gasteiger partial charge in [0.2, 0.25) is 5.91 Å². The number of nitrogens with one attached hydrogen (secondary N) is 1. The Bertz CT molecular complexity index is 898. The smallest absolute Gasteiger partial charge is 0.239 e. The van der Waals surface area contributed by atoms with Crippen LogP contribution >= 0.6 is 0 Å². The topological polar surface area (TPSA) is 67.4 Å². The minimum Gasteiger partial charge on any atom is -0.487 e. The summed E-state index contributed by atoms with van der Waals surface area (Å²) in [5.74, 6) is 1.28. The van der Waals surface area contributed by atoms with Crippen molar-refractivity contribution in [3.63, 3.8) is 0 Å². The van der Waals surface area contributed by atoms with Crippen LogP contribution in [0.3, 0.4) is 0 Å². The van der Waals surface area contributed by atoms with Crippen molar-refractivity contribution in [3.05, 3.63) is 83.8 Å². The molecule has 28 heavy (non-hydrogen) atoms. The molecule has 0 fully saturated rings. The molecule has 6 heteroatoms. The number of hydrogen-bond acceptors (Lipinski definition) is 5. The summed E-state index contributed by atoms with van der Waals surface area (Å²) in [5, 5.41) is 2.82. The summed E-state index contributed by atoms with van der Waals surface area (Å²) in [6, 6.07) is 17.4. The number of aryl methyl sites for hydroxylation is 1. The summed E-state index contributed by atoms with van der Waals surface area (Å²) in [7, 11) is 1.91. The number of nitrogens with zero attached hydrogens (tertiary/aromatic N) is 3. The van der Waals surface area contributed by atoms with E-state index in [0.717, 1.165) is 22.6 Å². The molecule has 0 radical (unpaired) electrons. The van der Waals surface area contributed by atoms with Crippen LogP contribution in [0, 0.1) is 6.92 Å². The van der Waals surface area contributed by atoms with Crippen LogP contribution in [0.25, 0.3) is 0 Å². The van der Waals surface area contributed by atoms with E-state index < -0.39 is 0 Å². The van der Waals surface area contributed by atoms with Crippen LogP contribution in [0.4, 0.5) is 5.82 Å². The maximum Gasteiger partial charge on any atom is 0.239 e. The molecule has 2 heterocycles. The van der Waals surface area contributed by atoms with Gasteiger partial charge in [0.25, 0.3) is 0 Å². The summed E-state index contributed by atoms with van der Waals surface area (Å²) in [5.41, 5.74) is 3.05. The Hall–Kier alpha value is -3.25. The van der Waals surface area contributed by atoms with Crippen LogP contribution in [0.2, 0.25) is 0 Å². The molecule has 1 aromatic carbocycles. The summed E-state index contributed by atoms with van der Waals surface area (Å²) in [6.07, 6.45) is 3.44. The zero-order valence-corrected chi connectivity index (χ0v) is 16.1. The molecule has 0 saturated carbocycles. The first-order valence-electron chi connectivity index (χ1n) is 9.11. The predicted molar refractivity (Wildman–Crippen MR) is 109 cm³/mol. The van der Waals surface area contributed by atoms with E-state index in [9.17, 15) is 4.79 Å². The molecule has 144 valence electrons. The highest BCUT2D eigenvalue weighted by atomic mass is 16.5. The number of pyridine rings is 2. The van der Waals surface area contributed by atoms with Gasteiger partial charge in [-0.25, -0.2) is 4.98 Å². The number of carbonyl (C=O) groups is 1. The molecule has 0 aliphatic heterocycles. The van der Waals surface area contributed by atoms with Crippen molar-refractivity contribution >= 4 is 11.7 Å². The Morgan fingerprint density at radius 1 is 1.07 bits per heavy atom. The number of aromatic nitrogens is 2. The van der Waals surface area contributed by atoms with Crippen molar-refractivity contribution < 1.29 is 9.53 Å². The maximum absolute atomic E-state index is 12.2. The summed E-state index contributed by atoms with van der Waals surface area (Å²) in [6.45, 7) is 3.35. The number of ether oxygens (including phenoxy) is 1. The van der Waals surface area contributed by atoms with Crippen LogP contribution in [0.5, 0.6) is 5.75 Å². The summed E-state index contributed by atoms with van der Waals surface area (Å²) < 4.78 is 5.75. The minimum atomic E-state index is -0.0871. The van der Waals surface area contributed by atoms with E-state index in [1.54, 1.807) is 12.4 Å². The summed E-state index contributed by atoms with van der Waals surface area (Å²) in [4.78, 5) is 22.5. The number of anilines is 1. The molecule has 6 nitrogen and oxygen atoms in total. The first-order chi connectivity index (χ1) is 13.6. The molecule has 0 aliphatic carbocycles. The van der Waals surface area contributed by atoms with E-state index in [-0.39, 0.29) is 12.5 Å². The molecule has 0 bridgehead atoms. The molecule has 3 aromatic rings. The third-order valence-electron chi connectivity index (χ3n) is 4.09. The highest BCUT2D eigenvalue weighted by Crippen LogP contribution is 2.15. The number of hydrogen-bond donors (Lipinski definition) is 1. The molecule has 3 rings (SSSR count). The monoisotopic (exact) mass is 376 g/mol. The van der Waals surface area contributed by atoms with Gasteiger partial charge in [0.1, 0.15) is 18.2 Å². The number of likely N-dealkylation sites (N-methyl/N-ethyl adjacent to an activating group) is 1. The highest BCUT2D eigenvalue weighted by Gasteiger charge is 2.08. The lowest BCUT2D eigenvalue weighted by Crippen LogP contribution is -2.30. The van der Waals surface area contributed by atoms with Crippen LogP contribution < -0.4 is 10.1 Å². The highest BCUT2D eigenvalue weighted by molar-refractivity contribution is 5.91. The van der Waals surface area contributed by atoms with E-state index in [4.69, 9.17) is 4.74 Å². The first kappa shape index (κ1) is 19.5. The second kappa shape index (κ2) is 9.62. The molecule has 1 N–H and O–H groups in total. The van der Waals surface area contributed by atoms with Gasteiger partial charge >= 0.3 is 0 Å². The van der Waals surface area contributed by atoms with Crippen molar-refractivity contribution in [1.82, 2.24) is 14.9 Å². The van der Waals surface area contributed by atoms with Crippen molar-refractivity contribution in [3.8, 4) is 5.75 Å². The maximum atomic E-state index is 12.2. The summed E-state index contributed by atoms with van der Waals surface area (Å²) >= 11 is 0. The van der Waals surface area contributed by atoms with Crippen molar-refractivity contribution in [2.24, 2.45) is 0 Å². The molecule has 0 aliphatic rings. The normalized spacial score (nSPS) is 10.7. The molecule has 0 atom stereocenters. The molecule has 2 aromatic heterocycles. The standard InChI is InChI=1S/C22H24N4O2/c1-17-10-12-24-21(13-17)25-22(27)15-26(2)14-18-6-8-20(9-7-18)28-16-19-5-3-4-11-23-19/h3-13H,14-16H2,1-2H3,(H,24,25,27). The first-order valence-corrected chi connectivity index (χ1v) is 9.11. The Labute approximate surface area is 165 Å². The van der Waals surface area contributed by atoms with Crippen LogP contribution in [0.1, 0.15) is 16.8 Å². The quantitative estimate of drug-likeness (QED) is 0.652. The van der Waals surface area contributed by atoms with Crippen LogP contribution in [-0.2, 0) is 17.9 Å². The lowest BCUT2D eigenvalue weighted by Gasteiger charge is -2.16. The van der Waals surface area contributed by atoms with Gasteiger partial charge in [-0.3, -0.25) is 14.7 Å². The zero-order chi connectivity index (χ0) is 19.8. The Morgan fingerprint density at radius 3 is 2.61 bits per heavy atom. The largest absolute Gasteiger partial charge is 0.487 e. The van der Waals surface area contributed by atoms with Crippen LogP contribution in [0.15, 0.2) is 67.0 Å². The molecule has 0 saturated heterocycles. The number of carbonyl (C=O) groups excluding carboxylic acids is 1. The number of rotatable bonds is 8. The third kappa shape index (κ3) is 6.17. The molecule has 0 spiro atoms. The van der Waals surface area contributed by atoms with Gasteiger partial charge in [0.15, 0.2) is 0 Å². The lowest BCUT2D eigenvalue weighted by atomic mass is 10.2. The van der Waals surface area contributed by atoms with Crippen LogP contribution in [-0.4, -0.2) is 34.4 Å². The Morgan fingerprint density at radius 2 is 1.89 bits per heavy atom. The van der Waals surface area contributed by atoms with Gasteiger partial charge in [0.05, 0.1) is 12.2 Å². The van der Waals surface area contributed by atoms with Gasteiger partial charge < -0.3 is 10.1 Å². The van der Waals surface area contributed by atoms with E-state index >= 15 is 0 Å². The number of benzene rings is 1. The second-order valence-electron chi connectivity index (χ2n) is 6.69. The third-order valence-corrected chi connectivity index (χ3v) is 4.09. The molecular weight excluding hydrogens is 352 g/mol. The predicted octanol–water partition coefficient (Wildman–Crippen LogP) is 3.43. The van der Waals surface area contributed by atoms with Gasteiger partial charge in [-0.2, -0.15) is 0 Å². The van der Waals surface area contributed by atoms with Crippen molar-refractivity contribution in [2.75, 3.05) is 18.9 Å². The lowest BCUT2D eigenvalue weighted by molar-refractivity contribution is -0.117. The fourth-order valence-corrected chi connectivity index (χ4v) is 2.73. The molecule has 0 unspecified atom stereocenters. The van der Waals surface area contributed by atoms with Gasteiger partial charge in [-0.05, 0) is 61.5 Å². The van der Waals surface area contributed by atoms with E-state index in [1.807, 2.05) is 73.5 Å². The fraction of sp³-hybridized carbons (Fsp3) is 0.227. The number of amides is 1. The van der Waals surface area contributed by atoms with E-state index in [2.05, 4.69) is 15.3 Å². The van der Waals surface area contributed by atoms with E-state index in [1.165, 1.54) is 0 Å². The van der Waals surface area contributed by atoms with Gasteiger partial charge in [0, 0.05) is 18.9 Å². The van der Waals surface area contributed by atoms with Crippen molar-refractivity contribution in [2.45, 2.75) is 20.1 Å². The Kier molecular flexibility index (Phi) is 6.70. The minimum absolute atomic E-state index is 0.0871. The van der Waals surface area contributed by atoms with Gasteiger partial charge in [-0.15, -0.1) is 0 Å². The molecular formula is C22H24N4O2. The SMILES string of the molecule is Cc1ccnc(NC(=O)CN(C)Cc2ccc(OCc3ccccn3)cc2)c1.